The molecule has 5 heteroatoms. The van der Waals surface area contributed by atoms with Crippen LogP contribution in [0.1, 0.15) is 0 Å². The maximum absolute atomic E-state index is 11.0. The molecule has 0 aliphatic carbocycles. The highest BCUT2D eigenvalue weighted by Gasteiger charge is 2.08. The summed E-state index contributed by atoms with van der Waals surface area (Å²) < 4.78 is 31.0. The first-order chi connectivity index (χ1) is 10.0. The number of hydrogen-bond donors (Lipinski definition) is 2. The van der Waals surface area contributed by atoms with E-state index < -0.39 is 10.1 Å². The van der Waals surface area contributed by atoms with Gasteiger partial charge in [-0.25, -0.2) is 0 Å². The third-order valence-corrected chi connectivity index (χ3v) is 4.09. The molecule has 3 aromatic rings. The van der Waals surface area contributed by atoms with Crippen molar-refractivity contribution in [2.75, 3.05) is 5.32 Å². The standard InChI is InChI=1S/C16H13NO3S/c18-21(19,20)14-10-8-13(9-11-14)17-16-7-3-5-12-4-1-2-6-15(12)16/h1-11,17H,(H,18,19,20). The zero-order valence-corrected chi connectivity index (χ0v) is 11.8. The normalized spacial score (nSPS) is 11.5. The van der Waals surface area contributed by atoms with E-state index in [2.05, 4.69) is 5.32 Å². The van der Waals surface area contributed by atoms with Crippen molar-refractivity contribution in [1.82, 2.24) is 0 Å². The van der Waals surface area contributed by atoms with Gasteiger partial charge in [0.05, 0.1) is 4.90 Å². The summed E-state index contributed by atoms with van der Waals surface area (Å²) in [7, 11) is -4.15. The lowest BCUT2D eigenvalue weighted by molar-refractivity contribution is 0.483. The number of benzene rings is 3. The molecule has 0 radical (unpaired) electrons. The second-order valence-electron chi connectivity index (χ2n) is 4.65. The molecular weight excluding hydrogens is 286 g/mol. The molecular formula is C16H13NO3S. The molecule has 3 aromatic carbocycles. The van der Waals surface area contributed by atoms with Crippen LogP contribution in [0.15, 0.2) is 71.6 Å². The first-order valence-electron chi connectivity index (χ1n) is 6.36. The molecule has 0 saturated carbocycles. The van der Waals surface area contributed by atoms with Crippen LogP contribution in [0.5, 0.6) is 0 Å². The molecule has 21 heavy (non-hydrogen) atoms. The van der Waals surface area contributed by atoms with E-state index >= 15 is 0 Å². The predicted molar refractivity (Wildman–Crippen MR) is 83.5 cm³/mol. The molecule has 0 bridgehead atoms. The quantitative estimate of drug-likeness (QED) is 0.721. The average molecular weight is 299 g/mol. The Morgan fingerprint density at radius 1 is 0.810 bits per heavy atom. The summed E-state index contributed by atoms with van der Waals surface area (Å²) in [6, 6.07) is 19.9. The van der Waals surface area contributed by atoms with Crippen molar-refractivity contribution < 1.29 is 13.0 Å². The maximum Gasteiger partial charge on any atom is 0.294 e. The first-order valence-corrected chi connectivity index (χ1v) is 7.80. The molecule has 0 aliphatic heterocycles. The molecule has 0 amide bonds. The second kappa shape index (κ2) is 5.20. The van der Waals surface area contributed by atoms with Crippen molar-refractivity contribution >= 4 is 32.3 Å². The van der Waals surface area contributed by atoms with Gasteiger partial charge in [0, 0.05) is 16.8 Å². The number of fused-ring (bicyclic) bond motifs is 1. The topological polar surface area (TPSA) is 66.4 Å². The van der Waals surface area contributed by atoms with E-state index in [0.717, 1.165) is 22.1 Å². The van der Waals surface area contributed by atoms with Gasteiger partial charge in [-0.3, -0.25) is 4.55 Å². The van der Waals surface area contributed by atoms with Gasteiger partial charge in [0.1, 0.15) is 0 Å². The molecule has 0 unspecified atom stereocenters. The molecule has 106 valence electrons. The molecule has 0 fully saturated rings. The van der Waals surface area contributed by atoms with E-state index in [1.54, 1.807) is 12.1 Å². The lowest BCUT2D eigenvalue weighted by Gasteiger charge is -2.10. The molecule has 0 spiro atoms. The van der Waals surface area contributed by atoms with Crippen LogP contribution in [-0.4, -0.2) is 13.0 Å². The van der Waals surface area contributed by atoms with Crippen LogP contribution in [0, 0.1) is 0 Å². The minimum atomic E-state index is -4.15. The summed E-state index contributed by atoms with van der Waals surface area (Å²) in [6.45, 7) is 0. The summed E-state index contributed by atoms with van der Waals surface area (Å²) in [5.74, 6) is 0. The molecule has 2 N–H and O–H groups in total. The van der Waals surface area contributed by atoms with Gasteiger partial charge in [0.15, 0.2) is 0 Å². The van der Waals surface area contributed by atoms with E-state index in [4.69, 9.17) is 4.55 Å². The van der Waals surface area contributed by atoms with Crippen LogP contribution >= 0.6 is 0 Å². The second-order valence-corrected chi connectivity index (χ2v) is 6.07. The van der Waals surface area contributed by atoms with Gasteiger partial charge in [-0.05, 0) is 35.7 Å². The first kappa shape index (κ1) is 13.6. The molecule has 0 aromatic heterocycles. The fourth-order valence-electron chi connectivity index (χ4n) is 2.20. The van der Waals surface area contributed by atoms with Crippen LogP contribution in [0.25, 0.3) is 10.8 Å². The Labute approximate surface area is 122 Å². The zero-order valence-electron chi connectivity index (χ0n) is 11.0. The molecule has 0 atom stereocenters. The average Bonchev–Trinajstić information content (AvgIpc) is 2.47. The summed E-state index contributed by atoms with van der Waals surface area (Å²) in [5, 5.41) is 5.45. The van der Waals surface area contributed by atoms with Crippen molar-refractivity contribution in [1.29, 1.82) is 0 Å². The molecule has 0 saturated heterocycles. The Morgan fingerprint density at radius 3 is 2.19 bits per heavy atom. The number of nitrogens with one attached hydrogen (secondary N) is 1. The van der Waals surface area contributed by atoms with E-state index in [1.807, 2.05) is 42.5 Å². The summed E-state index contributed by atoms with van der Waals surface area (Å²) in [4.78, 5) is -0.119. The monoisotopic (exact) mass is 299 g/mol. The fourth-order valence-corrected chi connectivity index (χ4v) is 2.68. The Hall–Kier alpha value is -2.37. The highest BCUT2D eigenvalue weighted by atomic mass is 32.2. The van der Waals surface area contributed by atoms with E-state index in [1.165, 1.54) is 12.1 Å². The van der Waals surface area contributed by atoms with Crippen LogP contribution in [0.4, 0.5) is 11.4 Å². The van der Waals surface area contributed by atoms with Crippen molar-refractivity contribution in [3.8, 4) is 0 Å². The summed E-state index contributed by atoms with van der Waals surface area (Å²) in [6.07, 6.45) is 0. The van der Waals surface area contributed by atoms with Gasteiger partial charge >= 0.3 is 0 Å². The van der Waals surface area contributed by atoms with Gasteiger partial charge in [0.25, 0.3) is 10.1 Å². The van der Waals surface area contributed by atoms with Gasteiger partial charge in [0.2, 0.25) is 0 Å². The smallest absolute Gasteiger partial charge is 0.294 e. The molecule has 3 rings (SSSR count). The fraction of sp³-hybridized carbons (Fsp3) is 0. The highest BCUT2D eigenvalue weighted by Crippen LogP contribution is 2.26. The molecule has 0 aliphatic rings. The Morgan fingerprint density at radius 2 is 1.48 bits per heavy atom. The van der Waals surface area contributed by atoms with Crippen molar-refractivity contribution in [3.05, 3.63) is 66.7 Å². The SMILES string of the molecule is O=S(=O)(O)c1ccc(Nc2cccc3ccccc23)cc1. The Kier molecular flexibility index (Phi) is 3.37. The summed E-state index contributed by atoms with van der Waals surface area (Å²) >= 11 is 0. The highest BCUT2D eigenvalue weighted by molar-refractivity contribution is 7.85. The third kappa shape index (κ3) is 2.89. The lowest BCUT2D eigenvalue weighted by Crippen LogP contribution is -1.98. The largest absolute Gasteiger partial charge is 0.355 e. The number of rotatable bonds is 3. The lowest BCUT2D eigenvalue weighted by atomic mass is 10.1. The number of anilines is 2. The molecule has 0 heterocycles. The van der Waals surface area contributed by atoms with Gasteiger partial charge < -0.3 is 5.32 Å². The molecule has 4 nitrogen and oxygen atoms in total. The summed E-state index contributed by atoms with van der Waals surface area (Å²) in [5.41, 5.74) is 1.69. The van der Waals surface area contributed by atoms with E-state index in [0.29, 0.717) is 0 Å². The van der Waals surface area contributed by atoms with Gasteiger partial charge in [-0.1, -0.05) is 36.4 Å². The van der Waals surface area contributed by atoms with Gasteiger partial charge in [-0.15, -0.1) is 0 Å². The Balaban J connectivity index is 1.96. The Bertz CT molecular complexity index is 882. The predicted octanol–water partition coefficient (Wildman–Crippen LogP) is 3.83. The third-order valence-electron chi connectivity index (χ3n) is 3.22. The van der Waals surface area contributed by atoms with Crippen LogP contribution in [0.2, 0.25) is 0 Å². The number of hydrogen-bond acceptors (Lipinski definition) is 3. The van der Waals surface area contributed by atoms with E-state index in [-0.39, 0.29) is 4.90 Å². The van der Waals surface area contributed by atoms with E-state index in [9.17, 15) is 8.42 Å². The minimum Gasteiger partial charge on any atom is -0.355 e. The van der Waals surface area contributed by atoms with Crippen LogP contribution in [-0.2, 0) is 10.1 Å². The van der Waals surface area contributed by atoms with Crippen LogP contribution < -0.4 is 5.32 Å². The van der Waals surface area contributed by atoms with Crippen LogP contribution in [0.3, 0.4) is 0 Å². The van der Waals surface area contributed by atoms with Gasteiger partial charge in [-0.2, -0.15) is 8.42 Å². The van der Waals surface area contributed by atoms with Crippen molar-refractivity contribution in [2.45, 2.75) is 4.90 Å². The minimum absolute atomic E-state index is 0.119. The van der Waals surface area contributed by atoms with Crippen molar-refractivity contribution in [2.24, 2.45) is 0 Å². The maximum atomic E-state index is 11.0. The van der Waals surface area contributed by atoms with Crippen molar-refractivity contribution in [3.63, 3.8) is 0 Å². The zero-order chi connectivity index (χ0) is 14.9.